The number of hydrogen-bond acceptors (Lipinski definition) is 3. The first-order chi connectivity index (χ1) is 10.2. The number of rotatable bonds is 4. The van der Waals surface area contributed by atoms with Crippen LogP contribution < -0.4 is 0 Å². The molecule has 0 amide bonds. The number of hydrogen-bond donors (Lipinski definition) is 0. The van der Waals surface area contributed by atoms with E-state index in [0.717, 1.165) is 22.0 Å². The van der Waals surface area contributed by atoms with Gasteiger partial charge in [-0.15, -0.1) is 0 Å². The van der Waals surface area contributed by atoms with E-state index in [1.54, 1.807) is 21.8 Å². The van der Waals surface area contributed by atoms with E-state index in [1.807, 2.05) is 37.4 Å². The number of benzene rings is 1. The van der Waals surface area contributed by atoms with E-state index in [-0.39, 0.29) is 0 Å². The van der Waals surface area contributed by atoms with Gasteiger partial charge in [0.1, 0.15) is 5.69 Å². The van der Waals surface area contributed by atoms with E-state index < -0.39 is 0 Å². The molecule has 0 bridgehead atoms. The molecule has 0 fully saturated rings. The number of carbonyl (C=O) groups is 1. The summed E-state index contributed by atoms with van der Waals surface area (Å²) in [5.41, 5.74) is 3.15. The number of nitrogens with zero attached hydrogens (tertiary/aromatic N) is 4. The number of aromatic nitrogens is 4. The molecule has 2 aromatic heterocycles. The second kappa shape index (κ2) is 5.65. The van der Waals surface area contributed by atoms with Gasteiger partial charge in [-0.3, -0.25) is 14.2 Å². The zero-order valence-corrected chi connectivity index (χ0v) is 13.0. The topological polar surface area (TPSA) is 52.7 Å². The molecule has 6 heteroatoms. The Kier molecular flexibility index (Phi) is 3.70. The summed E-state index contributed by atoms with van der Waals surface area (Å²) < 4.78 is 4.50. The van der Waals surface area contributed by atoms with E-state index in [9.17, 15) is 4.79 Å². The minimum atomic E-state index is 0.564. The van der Waals surface area contributed by atoms with Crippen LogP contribution in [0.2, 0.25) is 0 Å². The van der Waals surface area contributed by atoms with Gasteiger partial charge in [-0.1, -0.05) is 28.1 Å². The Morgan fingerprint density at radius 2 is 2.19 bits per heavy atom. The third-order valence-corrected chi connectivity index (χ3v) is 3.71. The average Bonchev–Trinajstić information content (AvgIpc) is 3.04. The van der Waals surface area contributed by atoms with Gasteiger partial charge in [0.2, 0.25) is 0 Å². The molecule has 0 saturated heterocycles. The monoisotopic (exact) mass is 344 g/mol. The fraction of sp³-hybridized carbons (Fsp3) is 0.133. The van der Waals surface area contributed by atoms with Gasteiger partial charge >= 0.3 is 0 Å². The van der Waals surface area contributed by atoms with Gasteiger partial charge in [-0.2, -0.15) is 10.2 Å². The predicted molar refractivity (Wildman–Crippen MR) is 83.1 cm³/mol. The fourth-order valence-electron chi connectivity index (χ4n) is 2.23. The molecule has 0 atom stereocenters. The Hall–Kier alpha value is -2.21. The maximum absolute atomic E-state index is 11.3. The zero-order valence-electron chi connectivity index (χ0n) is 11.4. The third kappa shape index (κ3) is 2.80. The molecule has 0 aliphatic carbocycles. The number of carbonyl (C=O) groups excluding carboxylic acids is 1. The lowest BCUT2D eigenvalue weighted by Gasteiger charge is -2.02. The number of halogens is 1. The Labute approximate surface area is 130 Å². The van der Waals surface area contributed by atoms with Gasteiger partial charge < -0.3 is 0 Å². The second-order valence-electron chi connectivity index (χ2n) is 4.72. The standard InChI is InChI=1S/C15H13BrN4O/c1-19-14(5-6-17-19)15-12(10-21)9-20(18-15)8-11-3-2-4-13(16)7-11/h2-7,9-10H,8H2,1H3. The molecule has 3 aromatic rings. The van der Waals surface area contributed by atoms with Crippen LogP contribution in [0.25, 0.3) is 11.4 Å². The molecule has 3 rings (SSSR count). The molecule has 2 heterocycles. The molecule has 0 aliphatic heterocycles. The summed E-state index contributed by atoms with van der Waals surface area (Å²) in [5.74, 6) is 0. The molecular formula is C15H13BrN4O. The van der Waals surface area contributed by atoms with Crippen LogP contribution in [0, 0.1) is 0 Å². The number of aldehydes is 1. The Morgan fingerprint density at radius 1 is 1.33 bits per heavy atom. The smallest absolute Gasteiger partial charge is 0.153 e. The van der Waals surface area contributed by atoms with Crippen molar-refractivity contribution in [3.05, 3.63) is 58.3 Å². The highest BCUT2D eigenvalue weighted by Gasteiger charge is 2.13. The maximum Gasteiger partial charge on any atom is 0.153 e. The summed E-state index contributed by atoms with van der Waals surface area (Å²) in [4.78, 5) is 11.3. The minimum Gasteiger partial charge on any atom is -0.298 e. The van der Waals surface area contributed by atoms with E-state index in [4.69, 9.17) is 0 Å². The summed E-state index contributed by atoms with van der Waals surface area (Å²) >= 11 is 3.45. The van der Waals surface area contributed by atoms with Crippen molar-refractivity contribution < 1.29 is 4.79 Å². The van der Waals surface area contributed by atoms with Gasteiger partial charge in [0, 0.05) is 23.9 Å². The van der Waals surface area contributed by atoms with E-state index in [1.165, 1.54) is 0 Å². The summed E-state index contributed by atoms with van der Waals surface area (Å²) in [6.45, 7) is 0.609. The van der Waals surface area contributed by atoms with Gasteiger partial charge in [0.15, 0.2) is 6.29 Å². The van der Waals surface area contributed by atoms with Crippen LogP contribution in [0.5, 0.6) is 0 Å². The van der Waals surface area contributed by atoms with Crippen molar-refractivity contribution in [3.8, 4) is 11.4 Å². The molecule has 0 saturated carbocycles. The molecule has 5 nitrogen and oxygen atoms in total. The van der Waals surface area contributed by atoms with Crippen molar-refractivity contribution in [2.24, 2.45) is 7.05 Å². The van der Waals surface area contributed by atoms with Crippen molar-refractivity contribution in [3.63, 3.8) is 0 Å². The van der Waals surface area contributed by atoms with Crippen molar-refractivity contribution >= 4 is 22.2 Å². The molecule has 0 radical (unpaired) electrons. The predicted octanol–water partition coefficient (Wildman–Crippen LogP) is 2.91. The molecule has 21 heavy (non-hydrogen) atoms. The number of aryl methyl sites for hydroxylation is 1. The largest absolute Gasteiger partial charge is 0.298 e. The van der Waals surface area contributed by atoms with Gasteiger partial charge in [-0.25, -0.2) is 0 Å². The summed E-state index contributed by atoms with van der Waals surface area (Å²) in [5, 5.41) is 8.64. The van der Waals surface area contributed by atoms with E-state index in [2.05, 4.69) is 26.1 Å². The lowest BCUT2D eigenvalue weighted by Crippen LogP contribution is -2.01. The average molecular weight is 345 g/mol. The van der Waals surface area contributed by atoms with Crippen LogP contribution in [-0.2, 0) is 13.6 Å². The first-order valence-electron chi connectivity index (χ1n) is 6.43. The minimum absolute atomic E-state index is 0.564. The fourth-order valence-corrected chi connectivity index (χ4v) is 2.68. The Morgan fingerprint density at radius 3 is 2.86 bits per heavy atom. The summed E-state index contributed by atoms with van der Waals surface area (Å²) in [6.07, 6.45) is 4.28. The van der Waals surface area contributed by atoms with Crippen molar-refractivity contribution in [1.29, 1.82) is 0 Å². The molecule has 0 N–H and O–H groups in total. The van der Waals surface area contributed by atoms with Crippen molar-refractivity contribution in [2.45, 2.75) is 6.54 Å². The summed E-state index contributed by atoms with van der Waals surface area (Å²) in [6, 6.07) is 9.86. The van der Waals surface area contributed by atoms with Crippen LogP contribution in [0.3, 0.4) is 0 Å². The van der Waals surface area contributed by atoms with Crippen LogP contribution in [0.1, 0.15) is 15.9 Å². The van der Waals surface area contributed by atoms with Crippen LogP contribution in [-0.4, -0.2) is 25.8 Å². The van der Waals surface area contributed by atoms with Gasteiger partial charge in [0.25, 0.3) is 0 Å². The Balaban J connectivity index is 1.96. The lowest BCUT2D eigenvalue weighted by atomic mass is 10.2. The first kappa shape index (κ1) is 13.8. The quantitative estimate of drug-likeness (QED) is 0.684. The molecule has 0 spiro atoms. The van der Waals surface area contributed by atoms with Gasteiger partial charge in [0.05, 0.1) is 17.8 Å². The van der Waals surface area contributed by atoms with E-state index in [0.29, 0.717) is 17.8 Å². The van der Waals surface area contributed by atoms with Crippen molar-refractivity contribution in [2.75, 3.05) is 0 Å². The SMILES string of the molecule is Cn1nccc1-c1nn(Cc2cccc(Br)c2)cc1C=O. The highest BCUT2D eigenvalue weighted by Crippen LogP contribution is 2.21. The highest BCUT2D eigenvalue weighted by atomic mass is 79.9. The van der Waals surface area contributed by atoms with Crippen LogP contribution >= 0.6 is 15.9 Å². The normalized spacial score (nSPS) is 10.8. The van der Waals surface area contributed by atoms with E-state index >= 15 is 0 Å². The molecule has 1 aromatic carbocycles. The van der Waals surface area contributed by atoms with Gasteiger partial charge in [-0.05, 0) is 23.8 Å². The third-order valence-electron chi connectivity index (χ3n) is 3.21. The first-order valence-corrected chi connectivity index (χ1v) is 7.22. The lowest BCUT2D eigenvalue weighted by molar-refractivity contribution is 0.112. The maximum atomic E-state index is 11.3. The second-order valence-corrected chi connectivity index (χ2v) is 5.63. The molecular weight excluding hydrogens is 332 g/mol. The molecule has 0 aliphatic rings. The highest BCUT2D eigenvalue weighted by molar-refractivity contribution is 9.10. The van der Waals surface area contributed by atoms with Crippen LogP contribution in [0.15, 0.2) is 47.2 Å². The van der Waals surface area contributed by atoms with Crippen molar-refractivity contribution in [1.82, 2.24) is 19.6 Å². The van der Waals surface area contributed by atoms with Crippen LogP contribution in [0.4, 0.5) is 0 Å². The molecule has 106 valence electrons. The Bertz CT molecular complexity index is 791. The zero-order chi connectivity index (χ0) is 14.8. The summed E-state index contributed by atoms with van der Waals surface area (Å²) in [7, 11) is 1.83. The molecule has 0 unspecified atom stereocenters.